The van der Waals surface area contributed by atoms with Crippen molar-refractivity contribution in [3.8, 4) is 33.6 Å². The molecule has 5 aromatic rings. The zero-order valence-electron chi connectivity index (χ0n) is 22.5. The van der Waals surface area contributed by atoms with Gasteiger partial charge < -0.3 is 9.97 Å². The van der Waals surface area contributed by atoms with Crippen molar-refractivity contribution < 1.29 is 20.1 Å². The van der Waals surface area contributed by atoms with Crippen LogP contribution in [-0.4, -0.2) is 18.0 Å². The molecule has 0 atom stereocenters. The Kier molecular flexibility index (Phi) is 8.27. The van der Waals surface area contributed by atoms with Crippen molar-refractivity contribution in [1.82, 2.24) is 9.97 Å². The first kappa shape index (κ1) is 27.9. The topological polar surface area (TPSA) is 25.8 Å². The van der Waals surface area contributed by atoms with E-state index in [1.807, 2.05) is 60.7 Å². The molecule has 2 aromatic heterocycles. The Labute approximate surface area is 241 Å². The number of nitrogens with zero attached hydrogens (tertiary/aromatic N) is 2. The summed E-state index contributed by atoms with van der Waals surface area (Å²) in [7, 11) is -1.33. The molecule has 2 nitrogen and oxygen atoms in total. The van der Waals surface area contributed by atoms with E-state index in [1.165, 1.54) is 27.4 Å². The average molecular weight is 689 g/mol. The number of pyridine rings is 2. The first-order valence-corrected chi connectivity index (χ1v) is 16.3. The van der Waals surface area contributed by atoms with Gasteiger partial charge in [-0.3, -0.25) is 0 Å². The van der Waals surface area contributed by atoms with Gasteiger partial charge in [0.25, 0.3) is 0 Å². The third kappa shape index (κ3) is 5.63. The third-order valence-electron chi connectivity index (χ3n) is 7.06. The molecule has 1 aliphatic rings. The third-order valence-corrected chi connectivity index (χ3v) is 9.10. The molecule has 0 unspecified atom stereocenters. The fourth-order valence-electron chi connectivity index (χ4n) is 4.89. The van der Waals surface area contributed by atoms with Crippen LogP contribution in [0.1, 0.15) is 25.0 Å². The van der Waals surface area contributed by atoms with Crippen molar-refractivity contribution in [2.24, 2.45) is 0 Å². The van der Waals surface area contributed by atoms with Crippen LogP contribution in [0.4, 0.5) is 0 Å². The Hall–Kier alpha value is -3.17. The van der Waals surface area contributed by atoms with Crippen molar-refractivity contribution >= 4 is 13.3 Å². The van der Waals surface area contributed by atoms with Crippen LogP contribution < -0.4 is 5.19 Å². The summed E-state index contributed by atoms with van der Waals surface area (Å²) in [6.45, 7) is 11.9. The standard InChI is InChI=1S/C23H24NSi.C11H8N.Ir/c1-23(2)20-12-11-17(25(3,4)5)13-18(20)19-15-24-22(14-21(19)23)16-9-7-6-8-10-16;1-2-6-10(7-3-1)11-8-4-5-9-12-11;/h6-9,11-15H,1-5H3;1-6,8-9H;/q2*-1;. The molecule has 0 fully saturated rings. The first-order chi connectivity index (χ1) is 17.7. The van der Waals surface area contributed by atoms with Crippen LogP contribution >= 0.6 is 0 Å². The van der Waals surface area contributed by atoms with Crippen LogP contribution in [0.5, 0.6) is 0 Å². The summed E-state index contributed by atoms with van der Waals surface area (Å²) in [6.07, 6.45) is 3.85. The molecule has 4 heteroatoms. The summed E-state index contributed by atoms with van der Waals surface area (Å²) in [4.78, 5) is 8.97. The molecule has 0 N–H and O–H groups in total. The predicted molar refractivity (Wildman–Crippen MR) is 158 cm³/mol. The molecule has 3 aromatic carbocycles. The van der Waals surface area contributed by atoms with Gasteiger partial charge in [0.2, 0.25) is 0 Å². The molecular weight excluding hydrogens is 657 g/mol. The van der Waals surface area contributed by atoms with Crippen molar-refractivity contribution in [1.29, 1.82) is 0 Å². The minimum absolute atomic E-state index is 0. The molecule has 0 spiro atoms. The molecular formula is C34H32IrN2Si-2. The summed E-state index contributed by atoms with van der Waals surface area (Å²) >= 11 is 0. The molecule has 0 aliphatic heterocycles. The molecule has 2 heterocycles. The molecule has 0 saturated carbocycles. The molecule has 6 rings (SSSR count). The van der Waals surface area contributed by atoms with Crippen molar-refractivity contribution in [3.63, 3.8) is 0 Å². The van der Waals surface area contributed by atoms with Crippen LogP contribution in [0.3, 0.4) is 0 Å². The number of hydrogen-bond donors (Lipinski definition) is 0. The van der Waals surface area contributed by atoms with Crippen molar-refractivity contribution in [3.05, 3.63) is 127 Å². The van der Waals surface area contributed by atoms with E-state index in [0.717, 1.165) is 22.5 Å². The minimum atomic E-state index is -1.33. The normalized spacial score (nSPS) is 12.9. The molecule has 1 aliphatic carbocycles. The Morgan fingerprint density at radius 3 is 1.89 bits per heavy atom. The zero-order valence-corrected chi connectivity index (χ0v) is 25.9. The van der Waals surface area contributed by atoms with Gasteiger partial charge in [-0.1, -0.05) is 75.1 Å². The maximum atomic E-state index is 4.76. The van der Waals surface area contributed by atoms with Crippen LogP contribution in [0.2, 0.25) is 19.6 Å². The summed E-state index contributed by atoms with van der Waals surface area (Å²) < 4.78 is 0. The van der Waals surface area contributed by atoms with E-state index in [0.29, 0.717) is 0 Å². The van der Waals surface area contributed by atoms with E-state index in [2.05, 4.69) is 87.1 Å². The van der Waals surface area contributed by atoms with Gasteiger partial charge in [0.1, 0.15) is 0 Å². The Morgan fingerprint density at radius 2 is 1.32 bits per heavy atom. The second-order valence-corrected chi connectivity index (χ2v) is 16.1. The van der Waals surface area contributed by atoms with E-state index in [-0.39, 0.29) is 25.5 Å². The zero-order chi connectivity index (χ0) is 26.0. The smallest absolute Gasteiger partial charge is 0.0776 e. The fraction of sp³-hybridized carbons (Fsp3) is 0.176. The SMILES string of the molecule is CC1(C)c2ccc([Si](C)(C)C)cc2-c2cnc(-c3[c-]cccc3)cc21.[Ir].[c-]1ccccc1-c1ccccn1. The van der Waals surface area contributed by atoms with Gasteiger partial charge in [0.05, 0.1) is 8.07 Å². The van der Waals surface area contributed by atoms with Gasteiger partial charge in [-0.15, -0.1) is 71.8 Å². The van der Waals surface area contributed by atoms with Crippen LogP contribution in [0.15, 0.2) is 103 Å². The second-order valence-electron chi connectivity index (χ2n) is 11.0. The second kappa shape index (κ2) is 11.3. The quantitative estimate of drug-likeness (QED) is 0.142. The van der Waals surface area contributed by atoms with E-state index in [1.54, 1.807) is 6.20 Å². The molecule has 193 valence electrons. The van der Waals surface area contributed by atoms with E-state index in [9.17, 15) is 0 Å². The Balaban J connectivity index is 0.000000218. The van der Waals surface area contributed by atoms with Gasteiger partial charge in [0.15, 0.2) is 0 Å². The molecule has 1 radical (unpaired) electrons. The Bertz CT molecular complexity index is 1470. The van der Waals surface area contributed by atoms with Gasteiger partial charge in [-0.25, -0.2) is 0 Å². The van der Waals surface area contributed by atoms with Gasteiger partial charge in [-0.2, -0.15) is 0 Å². The van der Waals surface area contributed by atoms with E-state index < -0.39 is 8.07 Å². The number of rotatable bonds is 3. The first-order valence-electron chi connectivity index (χ1n) is 12.8. The van der Waals surface area contributed by atoms with Crippen LogP contribution in [-0.2, 0) is 25.5 Å². The number of benzene rings is 3. The summed E-state index contributed by atoms with van der Waals surface area (Å²) in [5.74, 6) is 0. The van der Waals surface area contributed by atoms with Crippen LogP contribution in [0, 0.1) is 12.1 Å². The average Bonchev–Trinajstić information content (AvgIpc) is 3.16. The number of aromatic nitrogens is 2. The van der Waals surface area contributed by atoms with Crippen molar-refractivity contribution in [2.45, 2.75) is 38.9 Å². The maximum absolute atomic E-state index is 4.76. The molecule has 38 heavy (non-hydrogen) atoms. The monoisotopic (exact) mass is 689 g/mol. The van der Waals surface area contributed by atoms with E-state index in [4.69, 9.17) is 4.98 Å². The van der Waals surface area contributed by atoms with E-state index >= 15 is 0 Å². The predicted octanol–water partition coefficient (Wildman–Crippen LogP) is 7.95. The van der Waals surface area contributed by atoms with Gasteiger partial charge >= 0.3 is 0 Å². The number of fused-ring (bicyclic) bond motifs is 3. The molecule has 0 amide bonds. The summed E-state index contributed by atoms with van der Waals surface area (Å²) in [6, 6.07) is 37.5. The minimum Gasteiger partial charge on any atom is -0.305 e. The maximum Gasteiger partial charge on any atom is 0.0776 e. The fourth-order valence-corrected chi connectivity index (χ4v) is 6.05. The van der Waals surface area contributed by atoms with Gasteiger partial charge in [0, 0.05) is 43.5 Å². The largest absolute Gasteiger partial charge is 0.305 e. The summed E-state index contributed by atoms with van der Waals surface area (Å²) in [5.41, 5.74) is 9.53. The molecule has 0 saturated heterocycles. The van der Waals surface area contributed by atoms with Crippen LogP contribution in [0.25, 0.3) is 33.6 Å². The summed E-state index contributed by atoms with van der Waals surface area (Å²) in [5, 5.41) is 1.51. The molecule has 0 bridgehead atoms. The number of hydrogen-bond acceptors (Lipinski definition) is 2. The Morgan fingerprint density at radius 1 is 0.658 bits per heavy atom. The van der Waals surface area contributed by atoms with Crippen molar-refractivity contribution in [2.75, 3.05) is 0 Å². The van der Waals surface area contributed by atoms with Gasteiger partial charge in [-0.05, 0) is 34.1 Å².